The summed E-state index contributed by atoms with van der Waals surface area (Å²) in [5.74, 6) is 0.747. The van der Waals surface area contributed by atoms with Crippen LogP contribution in [0.25, 0.3) is 0 Å². The van der Waals surface area contributed by atoms with Crippen molar-refractivity contribution in [3.63, 3.8) is 0 Å². The van der Waals surface area contributed by atoms with Gasteiger partial charge in [-0.05, 0) is 23.0 Å². The fourth-order valence-corrected chi connectivity index (χ4v) is 1.53. The van der Waals surface area contributed by atoms with Gasteiger partial charge in [0.1, 0.15) is 0 Å². The fourth-order valence-electron chi connectivity index (χ4n) is 1.53. The summed E-state index contributed by atoms with van der Waals surface area (Å²) in [6.07, 6.45) is 7.45. The fraction of sp³-hybridized carbons (Fsp3) is 0.500. The first-order valence-electron chi connectivity index (χ1n) is 5.93. The first-order valence-corrected chi connectivity index (χ1v) is 5.93. The van der Waals surface area contributed by atoms with Crippen molar-refractivity contribution in [1.29, 1.82) is 0 Å². The number of carbonyl (C=O) groups excluding carboxylic acids is 1. The number of hydrogen-bond donors (Lipinski definition) is 0. The number of ether oxygens (including phenoxy) is 1. The van der Waals surface area contributed by atoms with Crippen molar-refractivity contribution in [2.45, 2.75) is 27.7 Å². The molecule has 3 heteroatoms. The summed E-state index contributed by atoms with van der Waals surface area (Å²) in [4.78, 5) is 13.2. The summed E-state index contributed by atoms with van der Waals surface area (Å²) in [6, 6.07) is 0. The van der Waals surface area contributed by atoms with Crippen LogP contribution in [0.3, 0.4) is 0 Å². The van der Waals surface area contributed by atoms with Crippen molar-refractivity contribution in [3.05, 3.63) is 35.7 Å². The summed E-state index contributed by atoms with van der Waals surface area (Å²) in [7, 11) is 1.40. The molecule has 0 aromatic heterocycles. The second-order valence-corrected chi connectivity index (χ2v) is 4.78. The molecule has 1 amide bonds. The van der Waals surface area contributed by atoms with Crippen LogP contribution in [0.15, 0.2) is 35.7 Å². The molecule has 0 spiro atoms. The van der Waals surface area contributed by atoms with Gasteiger partial charge in [0, 0.05) is 12.4 Å². The molecular weight excluding hydrogens is 214 g/mol. The number of hydrogen-bond acceptors (Lipinski definition) is 2. The molecule has 17 heavy (non-hydrogen) atoms. The molecule has 1 aliphatic rings. The predicted octanol–water partition coefficient (Wildman–Crippen LogP) is 3.70. The lowest BCUT2D eigenvalue weighted by Crippen LogP contribution is -2.21. The normalized spacial score (nSPS) is 15.8. The van der Waals surface area contributed by atoms with E-state index in [0.29, 0.717) is 11.8 Å². The number of carbonyl (C=O) groups is 1. The van der Waals surface area contributed by atoms with Crippen LogP contribution in [0.5, 0.6) is 0 Å². The van der Waals surface area contributed by atoms with Crippen LogP contribution in [0.1, 0.15) is 27.7 Å². The molecule has 0 unspecified atom stereocenters. The predicted molar refractivity (Wildman–Crippen MR) is 69.2 cm³/mol. The van der Waals surface area contributed by atoms with Crippen molar-refractivity contribution >= 4 is 6.09 Å². The molecule has 1 rings (SSSR count). The monoisotopic (exact) mass is 235 g/mol. The lowest BCUT2D eigenvalue weighted by molar-refractivity contribution is 0.151. The van der Waals surface area contributed by atoms with Gasteiger partial charge in [-0.2, -0.15) is 0 Å². The highest BCUT2D eigenvalue weighted by Gasteiger charge is 2.15. The molecule has 0 bridgehead atoms. The van der Waals surface area contributed by atoms with Crippen molar-refractivity contribution in [1.82, 2.24) is 4.90 Å². The molecule has 1 heterocycles. The Bertz CT molecular complexity index is 348. The molecule has 0 aromatic rings. The summed E-state index contributed by atoms with van der Waals surface area (Å²) in [5, 5.41) is 0. The molecular formula is C14H21NO2. The molecule has 0 fully saturated rings. The van der Waals surface area contributed by atoms with Crippen LogP contribution in [-0.4, -0.2) is 18.1 Å². The van der Waals surface area contributed by atoms with E-state index in [0.717, 1.165) is 11.1 Å². The lowest BCUT2D eigenvalue weighted by atomic mass is 10.0. The van der Waals surface area contributed by atoms with Gasteiger partial charge in [0.15, 0.2) is 0 Å². The van der Waals surface area contributed by atoms with E-state index in [-0.39, 0.29) is 6.09 Å². The number of amides is 1. The molecule has 0 saturated heterocycles. The Balaban J connectivity index is 3.09. The Morgan fingerprint density at radius 1 is 1.06 bits per heavy atom. The Morgan fingerprint density at radius 2 is 1.47 bits per heavy atom. The quantitative estimate of drug-likeness (QED) is 0.730. The molecule has 0 aromatic carbocycles. The number of methoxy groups -OCH3 is 1. The minimum Gasteiger partial charge on any atom is -0.452 e. The second kappa shape index (κ2) is 5.71. The van der Waals surface area contributed by atoms with Crippen molar-refractivity contribution in [2.75, 3.05) is 7.11 Å². The van der Waals surface area contributed by atoms with Crippen LogP contribution in [0, 0.1) is 11.8 Å². The van der Waals surface area contributed by atoms with Gasteiger partial charge in [-0.1, -0.05) is 39.8 Å². The first-order chi connectivity index (χ1) is 7.95. The SMILES string of the molecule is COC(=O)N1C=C(C(C)C)C=CC(C(C)C)=C1. The van der Waals surface area contributed by atoms with Gasteiger partial charge in [-0.15, -0.1) is 0 Å². The average molecular weight is 235 g/mol. The minimum absolute atomic E-state index is 0.356. The maximum absolute atomic E-state index is 11.6. The van der Waals surface area contributed by atoms with E-state index < -0.39 is 0 Å². The summed E-state index contributed by atoms with van der Waals surface area (Å²) in [5.41, 5.74) is 2.23. The maximum atomic E-state index is 11.6. The van der Waals surface area contributed by atoms with Crippen molar-refractivity contribution in [2.24, 2.45) is 11.8 Å². The molecule has 94 valence electrons. The largest absolute Gasteiger partial charge is 0.452 e. The van der Waals surface area contributed by atoms with Gasteiger partial charge in [0.05, 0.1) is 7.11 Å². The van der Waals surface area contributed by atoms with E-state index in [9.17, 15) is 4.79 Å². The van der Waals surface area contributed by atoms with Gasteiger partial charge in [0.25, 0.3) is 0 Å². The molecule has 0 aliphatic carbocycles. The van der Waals surface area contributed by atoms with Crippen LogP contribution in [0.2, 0.25) is 0 Å². The molecule has 0 N–H and O–H groups in total. The number of nitrogens with zero attached hydrogens (tertiary/aromatic N) is 1. The van der Waals surface area contributed by atoms with Gasteiger partial charge < -0.3 is 4.74 Å². The smallest absolute Gasteiger partial charge is 0.417 e. The van der Waals surface area contributed by atoms with Gasteiger partial charge >= 0.3 is 6.09 Å². The molecule has 0 saturated carbocycles. The lowest BCUT2D eigenvalue weighted by Gasteiger charge is -2.15. The highest BCUT2D eigenvalue weighted by Crippen LogP contribution is 2.22. The Hall–Kier alpha value is -1.51. The zero-order valence-corrected chi connectivity index (χ0v) is 11.2. The van der Waals surface area contributed by atoms with E-state index in [2.05, 4.69) is 39.8 Å². The van der Waals surface area contributed by atoms with Crippen LogP contribution >= 0.6 is 0 Å². The van der Waals surface area contributed by atoms with Crippen LogP contribution in [-0.2, 0) is 4.74 Å². The minimum atomic E-state index is -0.356. The number of allylic oxidation sites excluding steroid dienone is 4. The van der Waals surface area contributed by atoms with Crippen molar-refractivity contribution < 1.29 is 9.53 Å². The van der Waals surface area contributed by atoms with E-state index in [4.69, 9.17) is 4.74 Å². The third-order valence-electron chi connectivity index (χ3n) is 2.76. The molecule has 3 nitrogen and oxygen atoms in total. The van der Waals surface area contributed by atoms with E-state index in [1.807, 2.05) is 12.4 Å². The zero-order chi connectivity index (χ0) is 13.0. The number of rotatable bonds is 2. The third-order valence-corrected chi connectivity index (χ3v) is 2.76. The molecule has 0 atom stereocenters. The Labute approximate surface area is 103 Å². The summed E-state index contributed by atoms with van der Waals surface area (Å²) < 4.78 is 4.77. The van der Waals surface area contributed by atoms with Crippen molar-refractivity contribution in [3.8, 4) is 0 Å². The van der Waals surface area contributed by atoms with Gasteiger partial charge in [-0.25, -0.2) is 4.79 Å². The van der Waals surface area contributed by atoms with Gasteiger partial charge in [0.2, 0.25) is 0 Å². The highest BCUT2D eigenvalue weighted by atomic mass is 16.5. The van der Waals surface area contributed by atoms with Gasteiger partial charge in [-0.3, -0.25) is 4.90 Å². The van der Waals surface area contributed by atoms with Crippen LogP contribution < -0.4 is 0 Å². The topological polar surface area (TPSA) is 29.5 Å². The maximum Gasteiger partial charge on any atom is 0.417 e. The van der Waals surface area contributed by atoms with E-state index in [1.54, 1.807) is 0 Å². The summed E-state index contributed by atoms with van der Waals surface area (Å²) in [6.45, 7) is 8.41. The Kier molecular flexibility index (Phi) is 4.55. The summed E-state index contributed by atoms with van der Waals surface area (Å²) >= 11 is 0. The first kappa shape index (κ1) is 13.6. The standard InChI is InChI=1S/C14H21NO2/c1-10(2)12-6-7-13(11(3)4)9-15(8-12)14(16)17-5/h6-11H,1-5H3. The third kappa shape index (κ3) is 3.48. The van der Waals surface area contributed by atoms with E-state index in [1.165, 1.54) is 12.0 Å². The second-order valence-electron chi connectivity index (χ2n) is 4.78. The molecule has 0 radical (unpaired) electrons. The Morgan fingerprint density at radius 3 is 1.76 bits per heavy atom. The van der Waals surface area contributed by atoms with E-state index >= 15 is 0 Å². The highest BCUT2D eigenvalue weighted by molar-refractivity contribution is 5.71. The molecule has 1 aliphatic heterocycles. The zero-order valence-electron chi connectivity index (χ0n) is 11.2. The van der Waals surface area contributed by atoms with Crippen LogP contribution in [0.4, 0.5) is 4.79 Å². The average Bonchev–Trinajstić information content (AvgIpc) is 2.50.